The van der Waals surface area contributed by atoms with Crippen LogP contribution in [-0.2, 0) is 15.1 Å². The fourth-order valence-electron chi connectivity index (χ4n) is 1.85. The molecule has 0 fully saturated rings. The molecule has 0 aliphatic rings. The van der Waals surface area contributed by atoms with Crippen LogP contribution in [0.3, 0.4) is 0 Å². The molecular formula is C14H20FNO3. The average Bonchev–Trinajstić information content (AvgIpc) is 2.38. The van der Waals surface area contributed by atoms with Crippen molar-refractivity contribution in [3.8, 4) is 5.75 Å². The number of ether oxygens (including phenoxy) is 2. The Morgan fingerprint density at radius 1 is 1.47 bits per heavy atom. The average molecular weight is 269 g/mol. The highest BCUT2D eigenvalue weighted by atomic mass is 19.1. The molecule has 0 aliphatic carbocycles. The van der Waals surface area contributed by atoms with Gasteiger partial charge in [-0.2, -0.15) is 0 Å². The molecule has 5 heteroatoms. The van der Waals surface area contributed by atoms with Crippen molar-refractivity contribution in [3.63, 3.8) is 0 Å². The summed E-state index contributed by atoms with van der Waals surface area (Å²) in [6.45, 7) is 3.91. The first-order valence-electron chi connectivity index (χ1n) is 6.15. The second-order valence-corrected chi connectivity index (χ2v) is 4.41. The number of rotatable bonds is 6. The minimum atomic E-state index is -0.681. The van der Waals surface area contributed by atoms with Gasteiger partial charge in [0.2, 0.25) is 0 Å². The number of methoxy groups -OCH3 is 1. The monoisotopic (exact) mass is 269 g/mol. The molecule has 106 valence electrons. The van der Waals surface area contributed by atoms with E-state index in [1.165, 1.54) is 13.2 Å². The lowest BCUT2D eigenvalue weighted by atomic mass is 9.88. The van der Waals surface area contributed by atoms with Gasteiger partial charge in [0.05, 0.1) is 25.7 Å². The number of nitrogens with one attached hydrogen (secondary N) is 1. The zero-order valence-electron chi connectivity index (χ0n) is 11.7. The molecule has 1 N–H and O–H groups in total. The Hall–Kier alpha value is -1.62. The third-order valence-corrected chi connectivity index (χ3v) is 3.14. The summed E-state index contributed by atoms with van der Waals surface area (Å²) in [6.07, 6.45) is 0.128. The maximum atomic E-state index is 13.7. The van der Waals surface area contributed by atoms with Crippen LogP contribution < -0.4 is 10.1 Å². The molecule has 0 aromatic heterocycles. The van der Waals surface area contributed by atoms with Crippen LogP contribution >= 0.6 is 0 Å². The Bertz CT molecular complexity index is 450. The molecule has 1 aromatic rings. The van der Waals surface area contributed by atoms with E-state index in [-0.39, 0.29) is 18.1 Å². The highest BCUT2D eigenvalue weighted by Crippen LogP contribution is 2.28. The van der Waals surface area contributed by atoms with Gasteiger partial charge in [-0.3, -0.25) is 4.79 Å². The van der Waals surface area contributed by atoms with Crippen LogP contribution in [0.1, 0.15) is 25.8 Å². The number of esters is 1. The van der Waals surface area contributed by atoms with Crippen LogP contribution in [-0.4, -0.2) is 26.7 Å². The third-order valence-electron chi connectivity index (χ3n) is 3.14. The predicted octanol–water partition coefficient (Wildman–Crippen LogP) is 2.22. The highest BCUT2D eigenvalue weighted by molar-refractivity contribution is 5.71. The lowest BCUT2D eigenvalue weighted by Crippen LogP contribution is -2.39. The molecule has 0 spiro atoms. The molecule has 1 aromatic carbocycles. The van der Waals surface area contributed by atoms with Gasteiger partial charge >= 0.3 is 5.97 Å². The maximum Gasteiger partial charge on any atom is 0.307 e. The summed E-state index contributed by atoms with van der Waals surface area (Å²) in [5, 5.41) is 3.04. The first-order chi connectivity index (χ1) is 8.96. The Balaban J connectivity index is 3.01. The van der Waals surface area contributed by atoms with E-state index in [1.807, 2.05) is 6.92 Å². The van der Waals surface area contributed by atoms with Crippen molar-refractivity contribution < 1.29 is 18.7 Å². The molecule has 0 saturated carbocycles. The van der Waals surface area contributed by atoms with Crippen molar-refractivity contribution in [2.45, 2.75) is 25.8 Å². The quantitative estimate of drug-likeness (QED) is 0.804. The SMILES string of the molecule is CCOC(=O)CC(C)(NC)c1ccc(OC)c(F)c1. The van der Waals surface area contributed by atoms with Crippen molar-refractivity contribution in [1.82, 2.24) is 5.32 Å². The van der Waals surface area contributed by atoms with Crippen LogP contribution in [0.4, 0.5) is 4.39 Å². The van der Waals surface area contributed by atoms with Crippen LogP contribution in [0, 0.1) is 5.82 Å². The zero-order valence-corrected chi connectivity index (χ0v) is 11.7. The molecule has 1 unspecified atom stereocenters. The number of hydrogen-bond acceptors (Lipinski definition) is 4. The minimum absolute atomic E-state index is 0.128. The molecular weight excluding hydrogens is 249 g/mol. The van der Waals surface area contributed by atoms with Gasteiger partial charge in [-0.1, -0.05) is 6.07 Å². The van der Waals surface area contributed by atoms with Crippen LogP contribution in [0.2, 0.25) is 0 Å². The second-order valence-electron chi connectivity index (χ2n) is 4.41. The number of carbonyl (C=O) groups is 1. The first kappa shape index (κ1) is 15.4. The Morgan fingerprint density at radius 3 is 2.63 bits per heavy atom. The van der Waals surface area contributed by atoms with E-state index in [4.69, 9.17) is 9.47 Å². The van der Waals surface area contributed by atoms with Gasteiger partial charge in [0, 0.05) is 0 Å². The standard InChI is InChI=1S/C14H20FNO3/c1-5-19-13(17)9-14(2,16-3)10-6-7-12(18-4)11(15)8-10/h6-8,16H,5,9H2,1-4H3. The summed E-state index contributed by atoms with van der Waals surface area (Å²) in [4.78, 5) is 11.6. The van der Waals surface area contributed by atoms with Gasteiger partial charge in [-0.05, 0) is 38.6 Å². The summed E-state index contributed by atoms with van der Waals surface area (Å²) in [7, 11) is 3.13. The Kier molecular flexibility index (Phi) is 5.30. The fourth-order valence-corrected chi connectivity index (χ4v) is 1.85. The minimum Gasteiger partial charge on any atom is -0.494 e. The molecule has 19 heavy (non-hydrogen) atoms. The molecule has 0 heterocycles. The zero-order chi connectivity index (χ0) is 14.5. The third kappa shape index (κ3) is 3.67. The summed E-state index contributed by atoms with van der Waals surface area (Å²) in [5.74, 6) is -0.598. The number of benzene rings is 1. The molecule has 1 atom stereocenters. The largest absolute Gasteiger partial charge is 0.494 e. The summed E-state index contributed by atoms with van der Waals surface area (Å²) < 4.78 is 23.6. The summed E-state index contributed by atoms with van der Waals surface area (Å²) >= 11 is 0. The van der Waals surface area contributed by atoms with E-state index >= 15 is 0 Å². The topological polar surface area (TPSA) is 47.6 Å². The van der Waals surface area contributed by atoms with E-state index in [9.17, 15) is 9.18 Å². The first-order valence-corrected chi connectivity index (χ1v) is 6.15. The highest BCUT2D eigenvalue weighted by Gasteiger charge is 2.29. The molecule has 1 rings (SSSR count). The number of hydrogen-bond donors (Lipinski definition) is 1. The Labute approximate surface area is 112 Å². The summed E-state index contributed by atoms with van der Waals surface area (Å²) in [6, 6.07) is 4.65. The van der Waals surface area contributed by atoms with Crippen molar-refractivity contribution in [2.75, 3.05) is 20.8 Å². The molecule has 0 bridgehead atoms. The molecule has 4 nitrogen and oxygen atoms in total. The lowest BCUT2D eigenvalue weighted by molar-refractivity contribution is -0.144. The smallest absolute Gasteiger partial charge is 0.307 e. The normalized spacial score (nSPS) is 13.7. The number of halogens is 1. The maximum absolute atomic E-state index is 13.7. The van der Waals surface area contributed by atoms with Crippen molar-refractivity contribution in [1.29, 1.82) is 0 Å². The van der Waals surface area contributed by atoms with E-state index in [1.54, 1.807) is 26.1 Å². The van der Waals surface area contributed by atoms with Gasteiger partial charge < -0.3 is 14.8 Å². The predicted molar refractivity (Wildman–Crippen MR) is 70.6 cm³/mol. The van der Waals surface area contributed by atoms with Crippen molar-refractivity contribution >= 4 is 5.97 Å². The Morgan fingerprint density at radius 2 is 2.16 bits per heavy atom. The van der Waals surface area contributed by atoms with Gasteiger partial charge in [0.15, 0.2) is 11.6 Å². The lowest BCUT2D eigenvalue weighted by Gasteiger charge is -2.29. The summed E-state index contributed by atoms with van der Waals surface area (Å²) in [5.41, 5.74) is -0.0133. The van der Waals surface area contributed by atoms with E-state index in [0.29, 0.717) is 12.2 Å². The van der Waals surface area contributed by atoms with E-state index in [0.717, 1.165) is 0 Å². The van der Waals surface area contributed by atoms with Gasteiger partial charge in [-0.25, -0.2) is 4.39 Å². The molecule has 0 aliphatic heterocycles. The van der Waals surface area contributed by atoms with Crippen LogP contribution in [0.25, 0.3) is 0 Å². The van der Waals surface area contributed by atoms with Gasteiger partial charge in [-0.15, -0.1) is 0 Å². The fraction of sp³-hybridized carbons (Fsp3) is 0.500. The number of carbonyl (C=O) groups excluding carboxylic acids is 1. The van der Waals surface area contributed by atoms with E-state index in [2.05, 4.69) is 5.32 Å². The molecule has 0 amide bonds. The molecule has 0 saturated heterocycles. The molecule has 0 radical (unpaired) electrons. The van der Waals surface area contributed by atoms with Crippen LogP contribution in [0.5, 0.6) is 5.75 Å². The van der Waals surface area contributed by atoms with Crippen molar-refractivity contribution in [2.24, 2.45) is 0 Å². The van der Waals surface area contributed by atoms with Crippen molar-refractivity contribution in [3.05, 3.63) is 29.6 Å². The van der Waals surface area contributed by atoms with Gasteiger partial charge in [0.25, 0.3) is 0 Å². The van der Waals surface area contributed by atoms with Gasteiger partial charge in [0.1, 0.15) is 0 Å². The van der Waals surface area contributed by atoms with E-state index < -0.39 is 11.4 Å². The van der Waals surface area contributed by atoms with Crippen LogP contribution in [0.15, 0.2) is 18.2 Å². The second kappa shape index (κ2) is 6.52.